The number of imidazole rings is 1. The Morgan fingerprint density at radius 2 is 1.81 bits per heavy atom. The third-order valence-corrected chi connectivity index (χ3v) is 4.55. The van der Waals surface area contributed by atoms with E-state index in [0.29, 0.717) is 5.56 Å². The summed E-state index contributed by atoms with van der Waals surface area (Å²) >= 11 is 0. The van der Waals surface area contributed by atoms with Crippen LogP contribution in [0.1, 0.15) is 10.4 Å². The predicted octanol–water partition coefficient (Wildman–Crippen LogP) is 4.50. The van der Waals surface area contributed by atoms with Crippen molar-refractivity contribution in [3.63, 3.8) is 0 Å². The van der Waals surface area contributed by atoms with Gasteiger partial charge < -0.3 is 14.6 Å². The summed E-state index contributed by atoms with van der Waals surface area (Å²) in [6.45, 7) is 0. The molecular formula is C22H19N3O2. The van der Waals surface area contributed by atoms with E-state index in [-0.39, 0.29) is 5.91 Å². The molecule has 0 spiro atoms. The third-order valence-electron chi connectivity index (χ3n) is 4.55. The van der Waals surface area contributed by atoms with Gasteiger partial charge in [-0.05, 0) is 42.0 Å². The zero-order valence-electron chi connectivity index (χ0n) is 15.1. The molecule has 0 bridgehead atoms. The van der Waals surface area contributed by atoms with Crippen LogP contribution >= 0.6 is 0 Å². The lowest BCUT2D eigenvalue weighted by atomic mass is 10.0. The van der Waals surface area contributed by atoms with Crippen LogP contribution in [0.4, 0.5) is 5.69 Å². The van der Waals surface area contributed by atoms with Crippen molar-refractivity contribution < 1.29 is 9.53 Å². The van der Waals surface area contributed by atoms with Crippen molar-refractivity contribution in [2.24, 2.45) is 7.05 Å². The Labute approximate surface area is 157 Å². The molecule has 27 heavy (non-hydrogen) atoms. The highest BCUT2D eigenvalue weighted by Crippen LogP contribution is 2.30. The fraction of sp³-hybridized carbons (Fsp3) is 0.0909. The molecule has 0 atom stereocenters. The molecule has 0 aliphatic rings. The molecule has 3 aromatic carbocycles. The number of hydrogen-bond acceptors (Lipinski definition) is 3. The number of hydrogen-bond donors (Lipinski definition) is 1. The number of rotatable bonds is 4. The van der Waals surface area contributed by atoms with E-state index < -0.39 is 0 Å². The molecule has 134 valence electrons. The Bertz CT molecular complexity index is 1110. The van der Waals surface area contributed by atoms with Crippen LogP contribution in [0.25, 0.3) is 22.2 Å². The molecule has 5 heteroatoms. The van der Waals surface area contributed by atoms with Crippen molar-refractivity contribution in [2.45, 2.75) is 0 Å². The quantitative estimate of drug-likeness (QED) is 0.585. The highest BCUT2D eigenvalue weighted by atomic mass is 16.5. The first-order valence-corrected chi connectivity index (χ1v) is 8.61. The Morgan fingerprint density at radius 3 is 2.59 bits per heavy atom. The van der Waals surface area contributed by atoms with E-state index in [1.54, 1.807) is 19.5 Å². The lowest BCUT2D eigenvalue weighted by Crippen LogP contribution is -2.11. The Hall–Kier alpha value is -3.60. The van der Waals surface area contributed by atoms with Crippen molar-refractivity contribution in [2.75, 3.05) is 12.4 Å². The van der Waals surface area contributed by atoms with Gasteiger partial charge in [-0.15, -0.1) is 0 Å². The first-order chi connectivity index (χ1) is 13.2. The van der Waals surface area contributed by atoms with Gasteiger partial charge >= 0.3 is 0 Å². The minimum atomic E-state index is -0.160. The van der Waals surface area contributed by atoms with Crippen LogP contribution in [0.3, 0.4) is 0 Å². The third kappa shape index (κ3) is 3.27. The van der Waals surface area contributed by atoms with Gasteiger partial charge in [0.2, 0.25) is 0 Å². The maximum atomic E-state index is 12.6. The van der Waals surface area contributed by atoms with Gasteiger partial charge in [0.25, 0.3) is 5.91 Å². The van der Waals surface area contributed by atoms with E-state index in [9.17, 15) is 4.79 Å². The maximum absolute atomic E-state index is 12.6. The molecule has 0 radical (unpaired) electrons. The molecule has 1 amide bonds. The number of nitrogens with zero attached hydrogens (tertiary/aromatic N) is 2. The summed E-state index contributed by atoms with van der Waals surface area (Å²) in [6, 6.07) is 21.1. The number of nitrogens with one attached hydrogen (secondary N) is 1. The van der Waals surface area contributed by atoms with Crippen LogP contribution < -0.4 is 10.1 Å². The van der Waals surface area contributed by atoms with E-state index in [4.69, 9.17) is 4.74 Å². The van der Waals surface area contributed by atoms with Gasteiger partial charge in [-0.2, -0.15) is 0 Å². The number of para-hydroxylation sites is 1. The van der Waals surface area contributed by atoms with Gasteiger partial charge in [-0.1, -0.05) is 30.3 Å². The Kier molecular flexibility index (Phi) is 4.34. The zero-order valence-corrected chi connectivity index (χ0v) is 15.1. The van der Waals surface area contributed by atoms with Gasteiger partial charge in [-0.3, -0.25) is 4.79 Å². The van der Waals surface area contributed by atoms with Crippen molar-refractivity contribution in [1.29, 1.82) is 0 Å². The van der Waals surface area contributed by atoms with Gasteiger partial charge in [0.15, 0.2) is 0 Å². The maximum Gasteiger partial charge on any atom is 0.255 e. The van der Waals surface area contributed by atoms with Crippen LogP contribution in [-0.2, 0) is 7.05 Å². The molecular weight excluding hydrogens is 338 g/mol. The number of fused-ring (bicyclic) bond motifs is 1. The highest BCUT2D eigenvalue weighted by Gasteiger charge is 2.10. The lowest BCUT2D eigenvalue weighted by Gasteiger charge is -2.10. The number of methoxy groups -OCH3 is 1. The molecule has 4 aromatic rings. The average molecular weight is 357 g/mol. The topological polar surface area (TPSA) is 56.1 Å². The first kappa shape index (κ1) is 16.8. The number of ether oxygens (including phenoxy) is 1. The molecule has 0 fully saturated rings. The fourth-order valence-corrected chi connectivity index (χ4v) is 3.10. The van der Waals surface area contributed by atoms with Gasteiger partial charge in [0, 0.05) is 23.9 Å². The van der Waals surface area contributed by atoms with Crippen molar-refractivity contribution in [3.05, 3.63) is 78.6 Å². The van der Waals surface area contributed by atoms with Crippen molar-refractivity contribution in [3.8, 4) is 16.9 Å². The van der Waals surface area contributed by atoms with Gasteiger partial charge in [-0.25, -0.2) is 4.98 Å². The summed E-state index contributed by atoms with van der Waals surface area (Å²) in [5.74, 6) is 0.658. The van der Waals surface area contributed by atoms with Crippen LogP contribution in [0, 0.1) is 0 Å². The normalized spacial score (nSPS) is 10.7. The molecule has 0 aliphatic heterocycles. The summed E-state index contributed by atoms with van der Waals surface area (Å²) in [4.78, 5) is 16.9. The molecule has 4 rings (SSSR count). The predicted molar refractivity (Wildman–Crippen MR) is 107 cm³/mol. The Balaban J connectivity index is 1.54. The molecule has 1 heterocycles. The summed E-state index contributed by atoms with van der Waals surface area (Å²) in [5.41, 5.74) is 5.15. The molecule has 0 unspecified atom stereocenters. The zero-order chi connectivity index (χ0) is 18.8. The minimum absolute atomic E-state index is 0.160. The van der Waals surface area contributed by atoms with Crippen molar-refractivity contribution >= 4 is 22.6 Å². The summed E-state index contributed by atoms with van der Waals surface area (Å²) in [5, 5.41) is 2.93. The van der Waals surface area contributed by atoms with E-state index in [1.807, 2.05) is 72.3 Å². The summed E-state index contributed by atoms with van der Waals surface area (Å²) in [6.07, 6.45) is 1.74. The van der Waals surface area contributed by atoms with Gasteiger partial charge in [0.05, 0.1) is 24.5 Å². The van der Waals surface area contributed by atoms with E-state index in [0.717, 1.165) is 33.6 Å². The second-order valence-corrected chi connectivity index (χ2v) is 6.29. The molecule has 0 aliphatic carbocycles. The molecule has 0 saturated carbocycles. The minimum Gasteiger partial charge on any atom is -0.496 e. The number of aryl methyl sites for hydroxylation is 1. The lowest BCUT2D eigenvalue weighted by molar-refractivity contribution is 0.102. The van der Waals surface area contributed by atoms with E-state index >= 15 is 0 Å². The number of aromatic nitrogens is 2. The number of carbonyl (C=O) groups is 1. The monoisotopic (exact) mass is 357 g/mol. The van der Waals surface area contributed by atoms with Crippen LogP contribution in [0.2, 0.25) is 0 Å². The summed E-state index contributed by atoms with van der Waals surface area (Å²) in [7, 11) is 3.59. The number of anilines is 1. The Morgan fingerprint density at radius 1 is 1.04 bits per heavy atom. The molecule has 0 saturated heterocycles. The number of amides is 1. The smallest absolute Gasteiger partial charge is 0.255 e. The largest absolute Gasteiger partial charge is 0.496 e. The first-order valence-electron chi connectivity index (χ1n) is 8.61. The number of carbonyl (C=O) groups excluding carboxylic acids is 1. The van der Waals surface area contributed by atoms with Crippen molar-refractivity contribution in [1.82, 2.24) is 9.55 Å². The standard InChI is InChI=1S/C22H19N3O2/c1-25-14-23-19-13-16(9-12-20(19)25)22(26)24-17-10-7-15(8-11-17)18-5-3-4-6-21(18)27-2/h3-14H,1-2H3,(H,24,26). The van der Waals surface area contributed by atoms with E-state index in [2.05, 4.69) is 10.3 Å². The van der Waals surface area contributed by atoms with E-state index in [1.165, 1.54) is 0 Å². The van der Waals surface area contributed by atoms with Gasteiger partial charge in [0.1, 0.15) is 5.75 Å². The second-order valence-electron chi connectivity index (χ2n) is 6.29. The highest BCUT2D eigenvalue weighted by molar-refractivity contribution is 6.06. The van der Waals surface area contributed by atoms with Crippen LogP contribution in [-0.4, -0.2) is 22.6 Å². The van der Waals surface area contributed by atoms with Crippen LogP contribution in [0.5, 0.6) is 5.75 Å². The average Bonchev–Trinajstić information content (AvgIpc) is 3.09. The SMILES string of the molecule is COc1ccccc1-c1ccc(NC(=O)c2ccc3c(c2)ncn3C)cc1. The summed E-state index contributed by atoms with van der Waals surface area (Å²) < 4.78 is 7.34. The number of benzene rings is 3. The second kappa shape index (κ2) is 6.96. The van der Waals surface area contributed by atoms with Crippen LogP contribution in [0.15, 0.2) is 73.1 Å². The molecule has 1 aromatic heterocycles. The molecule has 5 nitrogen and oxygen atoms in total. The fourth-order valence-electron chi connectivity index (χ4n) is 3.10. The molecule has 1 N–H and O–H groups in total.